The lowest BCUT2D eigenvalue weighted by atomic mass is 9.89. The normalized spacial score (nSPS) is 33.2. The zero-order chi connectivity index (χ0) is 11.7. The number of imide groups is 1. The average molecular weight is 224 g/mol. The second-order valence-corrected chi connectivity index (χ2v) is 5.21. The van der Waals surface area contributed by atoms with E-state index in [-0.39, 0.29) is 23.8 Å². The van der Waals surface area contributed by atoms with Crippen molar-refractivity contribution in [1.82, 2.24) is 10.2 Å². The molecule has 0 bridgehead atoms. The highest BCUT2D eigenvalue weighted by atomic mass is 16.2. The van der Waals surface area contributed by atoms with Crippen molar-refractivity contribution in [1.29, 1.82) is 0 Å². The molecule has 2 aliphatic rings. The third kappa shape index (κ3) is 2.12. The molecule has 2 atom stereocenters. The fraction of sp³-hybridized carbons (Fsp3) is 0.833. The van der Waals surface area contributed by atoms with E-state index in [9.17, 15) is 9.59 Å². The minimum Gasteiger partial charge on any atom is -0.316 e. The third-order valence-electron chi connectivity index (χ3n) is 3.66. The van der Waals surface area contributed by atoms with Crippen molar-refractivity contribution >= 4 is 11.8 Å². The summed E-state index contributed by atoms with van der Waals surface area (Å²) in [6.45, 7) is 5.88. The topological polar surface area (TPSA) is 49.4 Å². The maximum Gasteiger partial charge on any atom is 0.229 e. The average Bonchev–Trinajstić information content (AvgIpc) is 2.19. The van der Waals surface area contributed by atoms with Crippen LogP contribution in [0.4, 0.5) is 0 Å². The molecule has 0 spiro atoms. The molecule has 2 aliphatic heterocycles. The van der Waals surface area contributed by atoms with Crippen molar-refractivity contribution in [2.45, 2.75) is 39.2 Å². The van der Waals surface area contributed by atoms with Crippen LogP contribution in [0, 0.1) is 11.8 Å². The van der Waals surface area contributed by atoms with Crippen molar-refractivity contribution in [2.75, 3.05) is 13.1 Å². The highest BCUT2D eigenvalue weighted by Crippen LogP contribution is 2.26. The van der Waals surface area contributed by atoms with E-state index in [2.05, 4.69) is 12.2 Å². The molecular formula is C12H20N2O2. The van der Waals surface area contributed by atoms with Crippen molar-refractivity contribution in [3.8, 4) is 0 Å². The van der Waals surface area contributed by atoms with Crippen LogP contribution in [0.5, 0.6) is 0 Å². The molecule has 2 saturated heterocycles. The van der Waals surface area contributed by atoms with Crippen LogP contribution in [0.2, 0.25) is 0 Å². The van der Waals surface area contributed by atoms with Crippen LogP contribution in [-0.4, -0.2) is 35.8 Å². The Labute approximate surface area is 96.4 Å². The van der Waals surface area contributed by atoms with Gasteiger partial charge in [0.05, 0.1) is 0 Å². The number of rotatable bonds is 1. The van der Waals surface area contributed by atoms with E-state index in [1.165, 1.54) is 0 Å². The maximum atomic E-state index is 11.9. The van der Waals surface area contributed by atoms with Gasteiger partial charge in [-0.3, -0.25) is 14.5 Å². The van der Waals surface area contributed by atoms with E-state index in [4.69, 9.17) is 0 Å². The van der Waals surface area contributed by atoms with Gasteiger partial charge < -0.3 is 5.32 Å². The van der Waals surface area contributed by atoms with Gasteiger partial charge in [0.15, 0.2) is 0 Å². The lowest BCUT2D eigenvalue weighted by Crippen LogP contribution is -2.55. The van der Waals surface area contributed by atoms with Crippen LogP contribution in [-0.2, 0) is 9.59 Å². The maximum absolute atomic E-state index is 11.9. The minimum absolute atomic E-state index is 0.0301. The third-order valence-corrected chi connectivity index (χ3v) is 3.66. The molecule has 1 N–H and O–H groups in total. The Bertz CT molecular complexity index is 285. The molecule has 2 heterocycles. The fourth-order valence-electron chi connectivity index (χ4n) is 2.76. The van der Waals surface area contributed by atoms with Crippen LogP contribution in [0.1, 0.15) is 33.1 Å². The second kappa shape index (κ2) is 4.53. The first kappa shape index (κ1) is 11.6. The number of amides is 2. The smallest absolute Gasteiger partial charge is 0.229 e. The van der Waals surface area contributed by atoms with E-state index >= 15 is 0 Å². The number of hydrogen-bond donors (Lipinski definition) is 1. The van der Waals surface area contributed by atoms with Crippen LogP contribution in [0.25, 0.3) is 0 Å². The van der Waals surface area contributed by atoms with Gasteiger partial charge in [0.1, 0.15) is 0 Å². The summed E-state index contributed by atoms with van der Waals surface area (Å²) in [5.41, 5.74) is 0. The summed E-state index contributed by atoms with van der Waals surface area (Å²) in [6, 6.07) is 0.119. The largest absolute Gasteiger partial charge is 0.316 e. The summed E-state index contributed by atoms with van der Waals surface area (Å²) < 4.78 is 0. The summed E-state index contributed by atoms with van der Waals surface area (Å²) in [6.07, 6.45) is 1.96. The first-order valence-corrected chi connectivity index (χ1v) is 6.15. The van der Waals surface area contributed by atoms with Gasteiger partial charge in [0, 0.05) is 18.9 Å². The Morgan fingerprint density at radius 1 is 1.19 bits per heavy atom. The molecule has 2 fully saturated rings. The molecule has 2 amide bonds. The second-order valence-electron chi connectivity index (χ2n) is 5.21. The lowest BCUT2D eigenvalue weighted by molar-refractivity contribution is -0.154. The Morgan fingerprint density at radius 3 is 2.38 bits per heavy atom. The highest BCUT2D eigenvalue weighted by molar-refractivity contribution is 5.98. The first-order chi connectivity index (χ1) is 7.59. The predicted octanol–water partition coefficient (Wildman–Crippen LogP) is 0.770. The van der Waals surface area contributed by atoms with Crippen molar-refractivity contribution in [3.05, 3.63) is 0 Å². The lowest BCUT2D eigenvalue weighted by Gasteiger charge is -2.40. The molecule has 16 heavy (non-hydrogen) atoms. The zero-order valence-corrected chi connectivity index (χ0v) is 10.0. The van der Waals surface area contributed by atoms with Gasteiger partial charge in [-0.1, -0.05) is 13.8 Å². The molecule has 4 heteroatoms. The van der Waals surface area contributed by atoms with E-state index in [0.717, 1.165) is 19.5 Å². The molecular weight excluding hydrogens is 204 g/mol. The van der Waals surface area contributed by atoms with Gasteiger partial charge in [-0.25, -0.2) is 0 Å². The Balaban J connectivity index is 2.12. The number of likely N-dealkylation sites (tertiary alicyclic amines) is 1. The fourth-order valence-corrected chi connectivity index (χ4v) is 2.76. The monoisotopic (exact) mass is 224 g/mol. The van der Waals surface area contributed by atoms with Gasteiger partial charge in [0.25, 0.3) is 0 Å². The van der Waals surface area contributed by atoms with Crippen LogP contribution < -0.4 is 5.32 Å². The van der Waals surface area contributed by atoms with Gasteiger partial charge in [-0.15, -0.1) is 0 Å². The zero-order valence-electron chi connectivity index (χ0n) is 10.0. The van der Waals surface area contributed by atoms with E-state index in [1.54, 1.807) is 4.90 Å². The number of nitrogens with zero attached hydrogens (tertiary/aromatic N) is 1. The summed E-state index contributed by atoms with van der Waals surface area (Å²) in [5, 5.41) is 3.29. The Kier molecular flexibility index (Phi) is 3.28. The molecule has 0 radical (unpaired) electrons. The van der Waals surface area contributed by atoms with Gasteiger partial charge in [-0.05, 0) is 31.3 Å². The molecule has 0 aromatic carbocycles. The summed E-state index contributed by atoms with van der Waals surface area (Å²) in [7, 11) is 0. The van der Waals surface area contributed by atoms with E-state index < -0.39 is 0 Å². The minimum atomic E-state index is 0.0301. The highest BCUT2D eigenvalue weighted by Gasteiger charge is 2.38. The Hall–Kier alpha value is -0.900. The number of carbonyl (C=O) groups is 2. The Morgan fingerprint density at radius 2 is 1.81 bits per heavy atom. The molecule has 4 nitrogen and oxygen atoms in total. The number of carbonyl (C=O) groups excluding carboxylic acids is 2. The van der Waals surface area contributed by atoms with Gasteiger partial charge in [-0.2, -0.15) is 0 Å². The van der Waals surface area contributed by atoms with Gasteiger partial charge >= 0.3 is 0 Å². The molecule has 2 unspecified atom stereocenters. The quantitative estimate of drug-likeness (QED) is 0.669. The molecule has 0 saturated carbocycles. The summed E-state index contributed by atoms with van der Waals surface area (Å²) >= 11 is 0. The molecule has 0 aliphatic carbocycles. The van der Waals surface area contributed by atoms with Crippen molar-refractivity contribution in [3.63, 3.8) is 0 Å². The summed E-state index contributed by atoms with van der Waals surface area (Å²) in [5.74, 6) is 0.647. The molecule has 90 valence electrons. The standard InChI is InChI=1S/C12H20N2O2/c1-8-5-11(15)14(12(16)6-8)10-3-4-13-7-9(10)2/h8-10,13H,3-7H2,1-2H3. The number of piperidine rings is 2. The van der Waals surface area contributed by atoms with Crippen molar-refractivity contribution < 1.29 is 9.59 Å². The van der Waals surface area contributed by atoms with Crippen LogP contribution in [0.15, 0.2) is 0 Å². The van der Waals surface area contributed by atoms with Crippen LogP contribution >= 0.6 is 0 Å². The van der Waals surface area contributed by atoms with Gasteiger partial charge in [0.2, 0.25) is 11.8 Å². The number of hydrogen-bond acceptors (Lipinski definition) is 3. The number of nitrogens with one attached hydrogen (secondary N) is 1. The molecule has 0 aromatic heterocycles. The van der Waals surface area contributed by atoms with E-state index in [1.807, 2.05) is 6.92 Å². The summed E-state index contributed by atoms with van der Waals surface area (Å²) in [4.78, 5) is 25.4. The molecule has 0 aromatic rings. The SMILES string of the molecule is CC1CC(=O)N(C2CCNCC2C)C(=O)C1. The first-order valence-electron chi connectivity index (χ1n) is 6.15. The predicted molar refractivity (Wildman–Crippen MR) is 60.7 cm³/mol. The molecule has 2 rings (SSSR count). The van der Waals surface area contributed by atoms with E-state index in [0.29, 0.717) is 18.8 Å². The van der Waals surface area contributed by atoms with Crippen molar-refractivity contribution in [2.24, 2.45) is 11.8 Å². The van der Waals surface area contributed by atoms with Crippen LogP contribution in [0.3, 0.4) is 0 Å².